The first kappa shape index (κ1) is 8.25. The molecule has 0 aliphatic rings. The Bertz CT molecular complexity index is 113. The van der Waals surface area contributed by atoms with Crippen molar-refractivity contribution in [3.8, 4) is 11.8 Å². The first-order chi connectivity index (χ1) is 3.56. The summed E-state index contributed by atoms with van der Waals surface area (Å²) in [4.78, 5) is 0. The summed E-state index contributed by atoms with van der Waals surface area (Å²) < 4.78 is 0.780. The summed E-state index contributed by atoms with van der Waals surface area (Å²) in [5.41, 5.74) is -0.814. The molecule has 0 saturated heterocycles. The van der Waals surface area contributed by atoms with Gasteiger partial charge >= 0.3 is 0 Å². The van der Waals surface area contributed by atoms with E-state index in [0.29, 0.717) is 0 Å². The smallest absolute Gasteiger partial charge is 0.119 e. The lowest BCUT2D eigenvalue weighted by Crippen LogP contribution is -2.14. The topological polar surface area (TPSA) is 20.2 Å². The lowest BCUT2D eigenvalue weighted by atomic mass is 10.1. The van der Waals surface area contributed by atoms with E-state index >= 15 is 0 Å². The zero-order valence-electron chi connectivity index (χ0n) is 5.03. The molecule has 0 spiro atoms. The highest BCUT2D eigenvalue weighted by atomic mass is 127. The molecule has 0 bridgehead atoms. The SMILES string of the molecule is CC(C)(O)C#CCI. The summed E-state index contributed by atoms with van der Waals surface area (Å²) in [7, 11) is 0. The predicted octanol–water partition coefficient (Wildman–Crippen LogP) is 1.20. The fraction of sp³-hybridized carbons (Fsp3) is 0.667. The van der Waals surface area contributed by atoms with E-state index in [-0.39, 0.29) is 0 Å². The van der Waals surface area contributed by atoms with Crippen LogP contribution in [0.2, 0.25) is 0 Å². The maximum absolute atomic E-state index is 8.97. The second-order valence-electron chi connectivity index (χ2n) is 1.99. The van der Waals surface area contributed by atoms with Crippen molar-refractivity contribution in [2.24, 2.45) is 0 Å². The van der Waals surface area contributed by atoms with Crippen LogP contribution in [-0.4, -0.2) is 15.1 Å². The molecule has 0 aromatic rings. The fourth-order valence-electron chi connectivity index (χ4n) is 0.250. The van der Waals surface area contributed by atoms with Crippen LogP contribution in [-0.2, 0) is 0 Å². The van der Waals surface area contributed by atoms with Gasteiger partial charge in [-0.25, -0.2) is 0 Å². The molecule has 0 heterocycles. The van der Waals surface area contributed by atoms with Crippen molar-refractivity contribution < 1.29 is 5.11 Å². The van der Waals surface area contributed by atoms with E-state index in [9.17, 15) is 0 Å². The summed E-state index contributed by atoms with van der Waals surface area (Å²) in [6.45, 7) is 3.35. The molecule has 0 aromatic heterocycles. The van der Waals surface area contributed by atoms with Crippen LogP contribution in [0.1, 0.15) is 13.8 Å². The van der Waals surface area contributed by atoms with E-state index in [1.807, 2.05) is 0 Å². The van der Waals surface area contributed by atoms with Crippen LogP contribution in [0.15, 0.2) is 0 Å². The molecule has 46 valence electrons. The lowest BCUT2D eigenvalue weighted by molar-refractivity contribution is 0.143. The number of hydrogen-bond acceptors (Lipinski definition) is 1. The Hall–Kier alpha value is 0.250. The van der Waals surface area contributed by atoms with E-state index < -0.39 is 5.60 Å². The van der Waals surface area contributed by atoms with Crippen LogP contribution in [0, 0.1) is 11.8 Å². The molecule has 0 atom stereocenters. The van der Waals surface area contributed by atoms with Gasteiger partial charge < -0.3 is 5.11 Å². The molecule has 0 radical (unpaired) electrons. The minimum atomic E-state index is -0.814. The first-order valence-electron chi connectivity index (χ1n) is 2.34. The van der Waals surface area contributed by atoms with E-state index in [1.165, 1.54) is 0 Å². The zero-order valence-corrected chi connectivity index (χ0v) is 7.19. The quantitative estimate of drug-likeness (QED) is 0.372. The minimum absolute atomic E-state index is 0.780. The Morgan fingerprint density at radius 2 is 2.12 bits per heavy atom. The molecule has 0 unspecified atom stereocenters. The van der Waals surface area contributed by atoms with Gasteiger partial charge in [0.25, 0.3) is 0 Å². The molecule has 0 fully saturated rings. The summed E-state index contributed by atoms with van der Waals surface area (Å²) in [6, 6.07) is 0. The highest BCUT2D eigenvalue weighted by molar-refractivity contribution is 14.1. The number of halogens is 1. The number of hydrogen-bond donors (Lipinski definition) is 1. The van der Waals surface area contributed by atoms with E-state index in [2.05, 4.69) is 34.4 Å². The molecule has 1 N–H and O–H groups in total. The maximum Gasteiger partial charge on any atom is 0.119 e. The molecule has 0 saturated carbocycles. The molecule has 0 amide bonds. The summed E-state index contributed by atoms with van der Waals surface area (Å²) in [5, 5.41) is 8.97. The van der Waals surface area contributed by atoms with Crippen LogP contribution < -0.4 is 0 Å². The molecule has 2 heteroatoms. The predicted molar refractivity (Wildman–Crippen MR) is 43.0 cm³/mol. The van der Waals surface area contributed by atoms with Gasteiger partial charge in [-0.1, -0.05) is 34.4 Å². The Kier molecular flexibility index (Phi) is 3.41. The van der Waals surface area contributed by atoms with Crippen molar-refractivity contribution in [1.82, 2.24) is 0 Å². The van der Waals surface area contributed by atoms with Gasteiger partial charge in [-0.15, -0.1) is 0 Å². The maximum atomic E-state index is 8.97. The van der Waals surface area contributed by atoms with Gasteiger partial charge in [-0.2, -0.15) is 0 Å². The standard InChI is InChI=1S/C6H9IO/c1-6(2,8)4-3-5-7/h8H,5H2,1-2H3. The van der Waals surface area contributed by atoms with Gasteiger partial charge in [0.1, 0.15) is 5.60 Å². The zero-order chi connectivity index (χ0) is 6.62. The third-order valence-corrected chi connectivity index (χ3v) is 0.843. The summed E-state index contributed by atoms with van der Waals surface area (Å²) >= 11 is 2.14. The molecule has 1 nitrogen and oxygen atoms in total. The minimum Gasteiger partial charge on any atom is -0.378 e. The average molecular weight is 224 g/mol. The number of alkyl halides is 1. The monoisotopic (exact) mass is 224 g/mol. The third kappa shape index (κ3) is 6.25. The molecular weight excluding hydrogens is 215 g/mol. The Labute approximate surface area is 63.6 Å². The second kappa shape index (κ2) is 3.31. The van der Waals surface area contributed by atoms with Gasteiger partial charge in [0.15, 0.2) is 0 Å². The fourth-order valence-corrected chi connectivity index (χ4v) is 0.440. The van der Waals surface area contributed by atoms with Gasteiger partial charge in [0, 0.05) is 0 Å². The Morgan fingerprint density at radius 3 is 2.25 bits per heavy atom. The van der Waals surface area contributed by atoms with Crippen LogP contribution in [0.4, 0.5) is 0 Å². The van der Waals surface area contributed by atoms with Gasteiger partial charge in [-0.3, -0.25) is 0 Å². The highest BCUT2D eigenvalue weighted by Gasteiger charge is 2.04. The van der Waals surface area contributed by atoms with E-state index in [0.717, 1.165) is 4.43 Å². The molecule has 0 rings (SSSR count). The summed E-state index contributed by atoms with van der Waals surface area (Å²) in [5.74, 6) is 5.44. The van der Waals surface area contributed by atoms with Gasteiger partial charge in [-0.05, 0) is 13.8 Å². The first-order valence-corrected chi connectivity index (χ1v) is 3.87. The second-order valence-corrected chi connectivity index (χ2v) is 2.76. The van der Waals surface area contributed by atoms with Crippen molar-refractivity contribution in [2.45, 2.75) is 19.4 Å². The average Bonchev–Trinajstić information content (AvgIpc) is 1.59. The highest BCUT2D eigenvalue weighted by Crippen LogP contribution is 1.96. The van der Waals surface area contributed by atoms with Crippen molar-refractivity contribution >= 4 is 22.6 Å². The van der Waals surface area contributed by atoms with Crippen LogP contribution in [0.25, 0.3) is 0 Å². The van der Waals surface area contributed by atoms with Gasteiger partial charge in [0.2, 0.25) is 0 Å². The van der Waals surface area contributed by atoms with Crippen LogP contribution in [0.3, 0.4) is 0 Å². The van der Waals surface area contributed by atoms with Crippen molar-refractivity contribution in [3.63, 3.8) is 0 Å². The molecule has 0 aliphatic heterocycles. The van der Waals surface area contributed by atoms with Crippen LogP contribution >= 0.6 is 22.6 Å². The number of rotatable bonds is 0. The van der Waals surface area contributed by atoms with Crippen molar-refractivity contribution in [2.75, 3.05) is 4.43 Å². The molecule has 0 aliphatic carbocycles. The van der Waals surface area contributed by atoms with Crippen molar-refractivity contribution in [1.29, 1.82) is 0 Å². The Morgan fingerprint density at radius 1 is 1.62 bits per heavy atom. The van der Waals surface area contributed by atoms with Gasteiger partial charge in [0.05, 0.1) is 4.43 Å². The van der Waals surface area contributed by atoms with E-state index in [4.69, 9.17) is 5.11 Å². The third-order valence-electron chi connectivity index (χ3n) is 0.461. The van der Waals surface area contributed by atoms with Crippen molar-refractivity contribution in [3.05, 3.63) is 0 Å². The Balaban J connectivity index is 3.69. The number of aliphatic hydroxyl groups is 1. The normalized spacial score (nSPS) is 10.0. The van der Waals surface area contributed by atoms with Crippen LogP contribution in [0.5, 0.6) is 0 Å². The largest absolute Gasteiger partial charge is 0.378 e. The molecule has 8 heavy (non-hydrogen) atoms. The molecule has 0 aromatic carbocycles. The van der Waals surface area contributed by atoms with E-state index in [1.54, 1.807) is 13.8 Å². The summed E-state index contributed by atoms with van der Waals surface area (Å²) in [6.07, 6.45) is 0. The lowest BCUT2D eigenvalue weighted by Gasteiger charge is -2.05. The molecular formula is C6H9IO.